The third-order valence-corrected chi connectivity index (χ3v) is 12.7. The molecule has 74 heavy (non-hydrogen) atoms. The Morgan fingerprint density at radius 1 is 0.284 bits per heavy atom. The number of rotatable bonds is 54. The molecule has 1 atom stereocenters. The lowest BCUT2D eigenvalue weighted by Gasteiger charge is -2.18. The number of esters is 3. The maximum atomic E-state index is 12.9. The van der Waals surface area contributed by atoms with Gasteiger partial charge in [0.15, 0.2) is 6.10 Å². The van der Waals surface area contributed by atoms with E-state index < -0.39 is 6.10 Å². The summed E-state index contributed by atoms with van der Waals surface area (Å²) in [5, 5.41) is 0. The van der Waals surface area contributed by atoms with Crippen LogP contribution >= 0.6 is 0 Å². The van der Waals surface area contributed by atoms with Crippen molar-refractivity contribution in [3.8, 4) is 0 Å². The number of carbonyl (C=O) groups is 3. The van der Waals surface area contributed by atoms with E-state index in [0.717, 1.165) is 116 Å². The van der Waals surface area contributed by atoms with Crippen LogP contribution in [-0.2, 0) is 28.6 Å². The lowest BCUT2D eigenvalue weighted by atomic mass is 10.1. The molecule has 0 saturated carbocycles. The number of ether oxygens (including phenoxy) is 3. The highest BCUT2D eigenvalue weighted by Gasteiger charge is 2.19. The second kappa shape index (κ2) is 61.4. The first-order valence-corrected chi connectivity index (χ1v) is 30.5. The van der Waals surface area contributed by atoms with Crippen LogP contribution in [0.4, 0.5) is 0 Å². The number of hydrogen-bond acceptors (Lipinski definition) is 6. The summed E-state index contributed by atoms with van der Waals surface area (Å²) >= 11 is 0. The van der Waals surface area contributed by atoms with Crippen molar-refractivity contribution in [3.63, 3.8) is 0 Å². The predicted octanol–water partition coefficient (Wildman–Crippen LogP) is 20.8. The Labute approximate surface area is 456 Å². The Morgan fingerprint density at radius 3 is 0.905 bits per heavy atom. The smallest absolute Gasteiger partial charge is 0.306 e. The molecule has 0 radical (unpaired) electrons. The topological polar surface area (TPSA) is 78.9 Å². The van der Waals surface area contributed by atoms with Gasteiger partial charge in [-0.05, 0) is 122 Å². The standard InChI is InChI=1S/C68H112O6/c1-4-7-10-13-16-19-22-25-28-30-31-32-33-34-35-36-37-39-40-43-46-49-52-55-58-61-67(70)73-64-65(63-72-66(69)60-57-54-51-48-45-42-27-24-21-18-15-12-9-6-3)74-68(71)62-59-56-53-50-47-44-41-38-29-26-23-20-17-14-11-8-5-2/h8,11,15,17-18,20,22,24-27,29-31,33-34,41,44,50,53,65H,4-7,9-10,12-14,16,19,21,23,28,32,35-40,42-43,45-49,51-52,54-64H2,1-3H3/b11-8-,18-15-,20-17-,25-22-,27-24-,29-26-,31-30-,34-33-,44-41-,53-50-. The van der Waals surface area contributed by atoms with Gasteiger partial charge in [0.25, 0.3) is 0 Å². The first kappa shape index (κ1) is 69.8. The zero-order chi connectivity index (χ0) is 53.6. The number of carbonyl (C=O) groups excluding carboxylic acids is 3. The molecule has 420 valence electrons. The second-order valence-electron chi connectivity index (χ2n) is 19.9. The molecular weight excluding hydrogens is 913 g/mol. The van der Waals surface area contributed by atoms with Gasteiger partial charge in [-0.3, -0.25) is 14.4 Å². The van der Waals surface area contributed by atoms with Crippen molar-refractivity contribution in [3.05, 3.63) is 122 Å². The molecule has 0 aliphatic heterocycles. The Kier molecular flexibility index (Phi) is 57.9. The zero-order valence-corrected chi connectivity index (χ0v) is 48.1. The molecule has 0 bridgehead atoms. The Morgan fingerprint density at radius 2 is 0.554 bits per heavy atom. The molecule has 0 aliphatic carbocycles. The summed E-state index contributed by atoms with van der Waals surface area (Å²) in [7, 11) is 0. The van der Waals surface area contributed by atoms with Crippen LogP contribution in [0.3, 0.4) is 0 Å². The Balaban J connectivity index is 4.42. The molecule has 0 N–H and O–H groups in total. The minimum absolute atomic E-state index is 0.110. The quantitative estimate of drug-likeness (QED) is 0.0261. The van der Waals surface area contributed by atoms with Crippen LogP contribution < -0.4 is 0 Å². The van der Waals surface area contributed by atoms with Gasteiger partial charge in [0.05, 0.1) is 0 Å². The third-order valence-electron chi connectivity index (χ3n) is 12.7. The summed E-state index contributed by atoms with van der Waals surface area (Å²) in [6.07, 6.45) is 84.9. The van der Waals surface area contributed by atoms with E-state index in [9.17, 15) is 14.4 Å². The average Bonchev–Trinajstić information content (AvgIpc) is 3.40. The lowest BCUT2D eigenvalue weighted by Crippen LogP contribution is -2.30. The van der Waals surface area contributed by atoms with Crippen LogP contribution in [0.25, 0.3) is 0 Å². The van der Waals surface area contributed by atoms with Gasteiger partial charge in [-0.2, -0.15) is 0 Å². The van der Waals surface area contributed by atoms with Crippen LogP contribution in [0.2, 0.25) is 0 Å². The van der Waals surface area contributed by atoms with Crippen LogP contribution in [0, 0.1) is 0 Å². The molecule has 0 aromatic rings. The zero-order valence-electron chi connectivity index (χ0n) is 48.1. The van der Waals surface area contributed by atoms with Crippen molar-refractivity contribution < 1.29 is 28.6 Å². The lowest BCUT2D eigenvalue weighted by molar-refractivity contribution is -0.167. The molecule has 0 rings (SSSR count). The van der Waals surface area contributed by atoms with E-state index in [0.29, 0.717) is 19.3 Å². The van der Waals surface area contributed by atoms with Crippen LogP contribution in [0.1, 0.15) is 271 Å². The van der Waals surface area contributed by atoms with E-state index in [2.05, 4.69) is 142 Å². The third kappa shape index (κ3) is 58.7. The molecule has 0 fully saturated rings. The van der Waals surface area contributed by atoms with E-state index in [1.54, 1.807) is 0 Å². The van der Waals surface area contributed by atoms with E-state index >= 15 is 0 Å². The fourth-order valence-electron chi connectivity index (χ4n) is 8.09. The van der Waals surface area contributed by atoms with Gasteiger partial charge in [0, 0.05) is 19.3 Å². The number of hydrogen-bond donors (Lipinski definition) is 0. The van der Waals surface area contributed by atoms with E-state index in [4.69, 9.17) is 14.2 Å². The highest BCUT2D eigenvalue weighted by molar-refractivity contribution is 5.71. The fourth-order valence-corrected chi connectivity index (χ4v) is 8.09. The van der Waals surface area contributed by atoms with Crippen LogP contribution in [-0.4, -0.2) is 37.2 Å². The SMILES string of the molecule is CC/C=C\C/C=C\C/C=C\C/C=C\C/C=C\CCCC(=O)OC(COC(=O)CCCCCCC/C=C\C/C=C\CCCC)COC(=O)CCCCCCCCCCCC/C=C\C/C=C\C/C=C\CCCCCCC. The van der Waals surface area contributed by atoms with Crippen molar-refractivity contribution in [1.82, 2.24) is 0 Å². The van der Waals surface area contributed by atoms with Crippen LogP contribution in [0.5, 0.6) is 0 Å². The number of unbranched alkanes of at least 4 members (excludes halogenated alkanes) is 23. The molecule has 0 spiro atoms. The van der Waals surface area contributed by atoms with Gasteiger partial charge in [-0.15, -0.1) is 0 Å². The summed E-state index contributed by atoms with van der Waals surface area (Å²) in [4.78, 5) is 38.2. The van der Waals surface area contributed by atoms with Gasteiger partial charge in [-0.1, -0.05) is 251 Å². The summed E-state index contributed by atoms with van der Waals surface area (Å²) in [6.45, 7) is 6.41. The largest absolute Gasteiger partial charge is 0.462 e. The summed E-state index contributed by atoms with van der Waals surface area (Å²) in [5.41, 5.74) is 0. The van der Waals surface area contributed by atoms with Gasteiger partial charge < -0.3 is 14.2 Å². The second-order valence-corrected chi connectivity index (χ2v) is 19.9. The van der Waals surface area contributed by atoms with E-state index in [1.807, 2.05) is 0 Å². The fraction of sp³-hybridized carbons (Fsp3) is 0.662. The molecule has 0 heterocycles. The minimum Gasteiger partial charge on any atom is -0.462 e. The first-order valence-electron chi connectivity index (χ1n) is 30.5. The van der Waals surface area contributed by atoms with Gasteiger partial charge in [0.2, 0.25) is 0 Å². The maximum Gasteiger partial charge on any atom is 0.306 e. The van der Waals surface area contributed by atoms with E-state index in [-0.39, 0.29) is 37.5 Å². The van der Waals surface area contributed by atoms with Gasteiger partial charge >= 0.3 is 17.9 Å². The summed E-state index contributed by atoms with van der Waals surface area (Å²) in [6, 6.07) is 0. The highest BCUT2D eigenvalue weighted by Crippen LogP contribution is 2.14. The average molecular weight is 1030 g/mol. The summed E-state index contributed by atoms with van der Waals surface area (Å²) < 4.78 is 16.8. The molecule has 6 nitrogen and oxygen atoms in total. The van der Waals surface area contributed by atoms with Crippen molar-refractivity contribution >= 4 is 17.9 Å². The predicted molar refractivity (Wildman–Crippen MR) is 320 cm³/mol. The Bertz CT molecular complexity index is 1550. The molecule has 0 aromatic carbocycles. The van der Waals surface area contributed by atoms with Crippen molar-refractivity contribution in [1.29, 1.82) is 0 Å². The summed E-state index contributed by atoms with van der Waals surface area (Å²) in [5.74, 6) is -0.986. The van der Waals surface area contributed by atoms with Crippen molar-refractivity contribution in [2.45, 2.75) is 277 Å². The van der Waals surface area contributed by atoms with E-state index in [1.165, 1.54) is 109 Å². The molecule has 0 aromatic heterocycles. The maximum absolute atomic E-state index is 12.9. The molecular formula is C68H112O6. The minimum atomic E-state index is -0.819. The van der Waals surface area contributed by atoms with Gasteiger partial charge in [-0.25, -0.2) is 0 Å². The van der Waals surface area contributed by atoms with Crippen LogP contribution in [0.15, 0.2) is 122 Å². The first-order chi connectivity index (χ1) is 36.5. The van der Waals surface area contributed by atoms with Gasteiger partial charge in [0.1, 0.15) is 13.2 Å². The molecule has 0 amide bonds. The number of allylic oxidation sites excluding steroid dienone is 20. The van der Waals surface area contributed by atoms with Crippen molar-refractivity contribution in [2.75, 3.05) is 13.2 Å². The highest BCUT2D eigenvalue weighted by atomic mass is 16.6. The normalized spacial score (nSPS) is 13.0. The molecule has 1 unspecified atom stereocenters. The molecule has 0 saturated heterocycles. The monoisotopic (exact) mass is 1020 g/mol. The molecule has 0 aliphatic rings. The molecule has 6 heteroatoms. The van der Waals surface area contributed by atoms with Crippen molar-refractivity contribution in [2.24, 2.45) is 0 Å². The Hall–Kier alpha value is -4.19.